The van der Waals surface area contributed by atoms with E-state index in [0.29, 0.717) is 5.92 Å². The lowest BCUT2D eigenvalue weighted by Crippen LogP contribution is -2.39. The Morgan fingerprint density at radius 1 is 1.29 bits per heavy atom. The summed E-state index contributed by atoms with van der Waals surface area (Å²) in [6.07, 6.45) is 4.24. The highest BCUT2D eigenvalue weighted by molar-refractivity contribution is 7.71. The van der Waals surface area contributed by atoms with Crippen LogP contribution in [0.2, 0.25) is 0 Å². The van der Waals surface area contributed by atoms with Gasteiger partial charge in [0, 0.05) is 35.2 Å². The van der Waals surface area contributed by atoms with Gasteiger partial charge in [-0.1, -0.05) is 53.1 Å². The summed E-state index contributed by atoms with van der Waals surface area (Å²) in [7, 11) is 0. The summed E-state index contributed by atoms with van der Waals surface area (Å²) in [4.78, 5) is 0. The highest BCUT2D eigenvalue weighted by Crippen LogP contribution is 2.26. The lowest BCUT2D eigenvalue weighted by atomic mass is 9.94. The first kappa shape index (κ1) is 20.7. The molecule has 1 aromatic rings. The van der Waals surface area contributed by atoms with Crippen molar-refractivity contribution in [2.45, 2.75) is 73.4 Å². The van der Waals surface area contributed by atoms with Crippen LogP contribution in [0.4, 0.5) is 0 Å². The molecule has 0 aliphatic rings. The maximum atomic E-state index is 5.76. The van der Waals surface area contributed by atoms with Gasteiger partial charge in [0.25, 0.3) is 0 Å². The largest absolute Gasteiger partial charge is 0.380 e. The van der Waals surface area contributed by atoms with Crippen molar-refractivity contribution in [2.24, 2.45) is 5.92 Å². The van der Waals surface area contributed by atoms with Crippen molar-refractivity contribution in [2.75, 3.05) is 0 Å². The van der Waals surface area contributed by atoms with Crippen LogP contribution in [0.5, 0.6) is 0 Å². The van der Waals surface area contributed by atoms with Crippen molar-refractivity contribution in [3.63, 3.8) is 0 Å². The van der Waals surface area contributed by atoms with E-state index in [1.807, 2.05) is 6.92 Å². The summed E-state index contributed by atoms with van der Waals surface area (Å²) >= 11 is 5.76. The monoisotopic (exact) mass is 346 g/mol. The van der Waals surface area contributed by atoms with Crippen LogP contribution in [0.1, 0.15) is 71.2 Å². The third kappa shape index (κ3) is 4.60. The Morgan fingerprint density at radius 2 is 1.83 bits per heavy atom. The van der Waals surface area contributed by atoms with Crippen LogP contribution in [0, 0.1) is 17.4 Å². The van der Waals surface area contributed by atoms with Crippen molar-refractivity contribution < 1.29 is 0 Å². The third-order valence-corrected chi connectivity index (χ3v) is 5.34. The minimum atomic E-state index is 0.0443. The number of nitrogens with one attached hydrogen (secondary N) is 1. The maximum absolute atomic E-state index is 5.76. The molecule has 1 aromatic heterocycles. The smallest absolute Gasteiger partial charge is 0.0534 e. The van der Waals surface area contributed by atoms with Gasteiger partial charge in [0.15, 0.2) is 0 Å². The molecule has 0 saturated heterocycles. The fraction of sp³-hybridized carbons (Fsp3) is 0.571. The number of hydrogen-bond acceptors (Lipinski definition) is 2. The molecule has 134 valence electrons. The fourth-order valence-corrected chi connectivity index (χ4v) is 3.25. The molecular weight excluding hydrogens is 312 g/mol. The SMILES string of the molecule is C=C(NC(C)(CC)CC)c1cn(CC(C)C)c(C(=C)C)c(C)c1=S. The predicted molar refractivity (Wildman–Crippen MR) is 111 cm³/mol. The minimum Gasteiger partial charge on any atom is -0.380 e. The van der Waals surface area contributed by atoms with Gasteiger partial charge >= 0.3 is 0 Å². The van der Waals surface area contributed by atoms with E-state index in [-0.39, 0.29) is 5.54 Å². The summed E-state index contributed by atoms with van der Waals surface area (Å²) < 4.78 is 3.16. The molecule has 2 nitrogen and oxygen atoms in total. The van der Waals surface area contributed by atoms with Gasteiger partial charge in [-0.25, -0.2) is 0 Å². The molecular formula is C21H34N2S. The Morgan fingerprint density at radius 3 is 2.25 bits per heavy atom. The summed E-state index contributed by atoms with van der Waals surface area (Å²) in [6.45, 7) is 24.6. The number of rotatable bonds is 8. The highest BCUT2D eigenvalue weighted by atomic mass is 32.1. The van der Waals surface area contributed by atoms with E-state index in [1.165, 1.54) is 0 Å². The molecule has 0 aromatic carbocycles. The highest BCUT2D eigenvalue weighted by Gasteiger charge is 2.21. The van der Waals surface area contributed by atoms with Crippen molar-refractivity contribution >= 4 is 23.5 Å². The van der Waals surface area contributed by atoms with Gasteiger partial charge < -0.3 is 9.88 Å². The zero-order valence-corrected chi connectivity index (χ0v) is 17.4. The lowest BCUT2D eigenvalue weighted by molar-refractivity contribution is 0.382. The van der Waals surface area contributed by atoms with E-state index in [2.05, 4.69) is 70.8 Å². The second kappa shape index (κ2) is 8.15. The fourth-order valence-electron chi connectivity index (χ4n) is 2.98. The summed E-state index contributed by atoms with van der Waals surface area (Å²) in [5, 5.41) is 3.61. The second-order valence-corrected chi connectivity index (χ2v) is 7.95. The van der Waals surface area contributed by atoms with Crippen molar-refractivity contribution in [1.82, 2.24) is 9.88 Å². The standard InChI is InChI=1S/C21H34N2S/c1-10-21(9,11-2)22-17(8)18-13-23(12-14(3)4)19(15(5)6)16(7)20(18)24/h13-14,22H,5,8,10-12H2,1-4,6-7,9H3. The minimum absolute atomic E-state index is 0.0443. The molecule has 0 aliphatic heterocycles. The van der Waals surface area contributed by atoms with E-state index in [4.69, 9.17) is 12.2 Å². The Balaban J connectivity index is 3.45. The van der Waals surface area contributed by atoms with Crippen LogP contribution in [0.3, 0.4) is 0 Å². The van der Waals surface area contributed by atoms with Gasteiger partial charge in [0.2, 0.25) is 0 Å². The molecule has 3 heteroatoms. The van der Waals surface area contributed by atoms with Crippen LogP contribution in [0.25, 0.3) is 11.3 Å². The molecule has 0 saturated carbocycles. The molecule has 1 heterocycles. The van der Waals surface area contributed by atoms with Crippen molar-refractivity contribution in [3.05, 3.63) is 40.7 Å². The first-order valence-electron chi connectivity index (χ1n) is 8.93. The number of aromatic nitrogens is 1. The molecule has 0 spiro atoms. The Labute approximate surface area is 153 Å². The molecule has 0 unspecified atom stereocenters. The van der Waals surface area contributed by atoms with Crippen LogP contribution < -0.4 is 5.32 Å². The average molecular weight is 347 g/mol. The summed E-state index contributed by atoms with van der Waals surface area (Å²) in [5.74, 6) is 0.550. The zero-order valence-electron chi connectivity index (χ0n) is 16.5. The Bertz CT molecular complexity index is 676. The van der Waals surface area contributed by atoms with E-state index >= 15 is 0 Å². The number of pyridine rings is 1. The maximum Gasteiger partial charge on any atom is 0.0534 e. The van der Waals surface area contributed by atoms with Crippen LogP contribution in [0.15, 0.2) is 19.4 Å². The first-order chi connectivity index (χ1) is 11.1. The molecule has 0 fully saturated rings. The summed E-state index contributed by atoms with van der Waals surface area (Å²) in [5.41, 5.74) is 5.31. The van der Waals surface area contributed by atoms with Crippen LogP contribution in [-0.4, -0.2) is 10.1 Å². The summed E-state index contributed by atoms with van der Waals surface area (Å²) in [6, 6.07) is 0. The van der Waals surface area contributed by atoms with Gasteiger partial charge in [-0.3, -0.25) is 0 Å². The third-order valence-electron chi connectivity index (χ3n) is 4.82. The zero-order chi connectivity index (χ0) is 18.7. The van der Waals surface area contributed by atoms with Gasteiger partial charge in [0.1, 0.15) is 0 Å². The van der Waals surface area contributed by atoms with Crippen molar-refractivity contribution in [3.8, 4) is 0 Å². The second-order valence-electron chi connectivity index (χ2n) is 7.54. The molecule has 24 heavy (non-hydrogen) atoms. The van der Waals surface area contributed by atoms with Crippen LogP contribution >= 0.6 is 12.2 Å². The van der Waals surface area contributed by atoms with Gasteiger partial charge in [-0.15, -0.1) is 0 Å². The average Bonchev–Trinajstić information content (AvgIpc) is 2.49. The lowest BCUT2D eigenvalue weighted by Gasteiger charge is -2.31. The Hall–Kier alpha value is -1.35. The molecule has 0 atom stereocenters. The topological polar surface area (TPSA) is 17.0 Å². The first-order valence-corrected chi connectivity index (χ1v) is 9.34. The van der Waals surface area contributed by atoms with E-state index in [1.54, 1.807) is 0 Å². The van der Waals surface area contributed by atoms with E-state index in [0.717, 1.165) is 52.0 Å². The molecule has 0 aliphatic carbocycles. The Kier molecular flexibility index (Phi) is 7.03. The van der Waals surface area contributed by atoms with Crippen molar-refractivity contribution in [1.29, 1.82) is 0 Å². The van der Waals surface area contributed by atoms with Gasteiger partial charge in [0.05, 0.1) is 4.51 Å². The number of nitrogens with zero attached hydrogens (tertiary/aromatic N) is 1. The molecule has 1 rings (SSSR count). The number of allylic oxidation sites excluding steroid dienone is 1. The normalized spacial score (nSPS) is 11.7. The molecule has 0 radical (unpaired) electrons. The molecule has 0 bridgehead atoms. The molecule has 0 amide bonds. The van der Waals surface area contributed by atoms with E-state index < -0.39 is 0 Å². The quantitative estimate of drug-likeness (QED) is 0.552. The van der Waals surface area contributed by atoms with Crippen LogP contribution in [-0.2, 0) is 6.54 Å². The van der Waals surface area contributed by atoms with Gasteiger partial charge in [-0.05, 0) is 50.7 Å². The number of hydrogen-bond donors (Lipinski definition) is 1. The molecule has 1 N–H and O–H groups in total. The van der Waals surface area contributed by atoms with Gasteiger partial charge in [-0.2, -0.15) is 0 Å². The predicted octanol–water partition coefficient (Wildman–Crippen LogP) is 6.35. The van der Waals surface area contributed by atoms with E-state index in [9.17, 15) is 0 Å².